The van der Waals surface area contributed by atoms with E-state index in [1.807, 2.05) is 44.3 Å². The fraction of sp³-hybridized carbons (Fsp3) is 0.474. The van der Waals surface area contributed by atoms with Crippen LogP contribution in [0.15, 0.2) is 30.5 Å². The predicted octanol–water partition coefficient (Wildman–Crippen LogP) is 1.44. The zero-order chi connectivity index (χ0) is 18.0. The van der Waals surface area contributed by atoms with Crippen molar-refractivity contribution in [2.75, 3.05) is 13.1 Å². The summed E-state index contributed by atoms with van der Waals surface area (Å²) in [5.74, 6) is -0.462. The molecular weight excluding hydrogens is 318 g/mol. The molecule has 0 saturated carbocycles. The van der Waals surface area contributed by atoms with Crippen molar-refractivity contribution < 1.29 is 14.7 Å². The zero-order valence-electron chi connectivity index (χ0n) is 14.7. The van der Waals surface area contributed by atoms with Gasteiger partial charge in [-0.05, 0) is 18.1 Å². The van der Waals surface area contributed by atoms with E-state index in [1.54, 1.807) is 4.90 Å². The number of hydrogen-bond acceptors (Lipinski definition) is 3. The first kappa shape index (κ1) is 17.5. The minimum atomic E-state index is -0.626. The van der Waals surface area contributed by atoms with Crippen molar-refractivity contribution >= 4 is 22.7 Å². The lowest BCUT2D eigenvalue weighted by molar-refractivity contribution is -0.136. The Balaban J connectivity index is 1.82. The molecule has 2 atom stereocenters. The number of nitrogens with one attached hydrogen (secondary N) is 2. The third-order valence-electron chi connectivity index (χ3n) is 4.71. The molecule has 1 aromatic heterocycles. The number of carbonyl (C=O) groups is 2. The Kier molecular flexibility index (Phi) is 5.08. The molecule has 3 N–H and O–H groups in total. The van der Waals surface area contributed by atoms with Gasteiger partial charge in [0.1, 0.15) is 6.04 Å². The van der Waals surface area contributed by atoms with Gasteiger partial charge in [-0.1, -0.05) is 32.0 Å². The lowest BCUT2D eigenvalue weighted by Gasteiger charge is -2.25. The number of H-pyrrole nitrogens is 1. The summed E-state index contributed by atoms with van der Waals surface area (Å²) in [7, 11) is 0. The molecule has 134 valence electrons. The van der Waals surface area contributed by atoms with Gasteiger partial charge in [0.2, 0.25) is 11.8 Å². The van der Waals surface area contributed by atoms with Crippen LogP contribution in [-0.4, -0.2) is 52.0 Å². The Labute approximate surface area is 147 Å². The average Bonchev–Trinajstić information content (AvgIpc) is 3.20. The van der Waals surface area contributed by atoms with Crippen molar-refractivity contribution in [1.82, 2.24) is 15.2 Å². The number of fused-ring (bicyclic) bond motifs is 1. The van der Waals surface area contributed by atoms with Crippen LogP contribution in [0.4, 0.5) is 0 Å². The van der Waals surface area contributed by atoms with Gasteiger partial charge >= 0.3 is 0 Å². The van der Waals surface area contributed by atoms with Gasteiger partial charge in [-0.25, -0.2) is 0 Å². The maximum atomic E-state index is 12.9. The maximum Gasteiger partial charge on any atom is 0.245 e. The highest BCUT2D eigenvalue weighted by molar-refractivity contribution is 5.90. The summed E-state index contributed by atoms with van der Waals surface area (Å²) >= 11 is 0. The first-order chi connectivity index (χ1) is 12.0. The van der Waals surface area contributed by atoms with Crippen LogP contribution in [-0.2, 0) is 16.0 Å². The molecule has 1 aliphatic heterocycles. The number of likely N-dealkylation sites (tertiary alicyclic amines) is 1. The van der Waals surface area contributed by atoms with Gasteiger partial charge in [0.25, 0.3) is 0 Å². The second kappa shape index (κ2) is 7.27. The van der Waals surface area contributed by atoms with E-state index in [4.69, 9.17) is 0 Å². The molecule has 0 bridgehead atoms. The van der Waals surface area contributed by atoms with E-state index in [9.17, 15) is 14.7 Å². The second-order valence-corrected chi connectivity index (χ2v) is 7.01. The summed E-state index contributed by atoms with van der Waals surface area (Å²) in [4.78, 5) is 29.9. The van der Waals surface area contributed by atoms with Crippen LogP contribution in [0.3, 0.4) is 0 Å². The monoisotopic (exact) mass is 343 g/mol. The lowest BCUT2D eigenvalue weighted by atomic mass is 10.0. The molecule has 0 radical (unpaired) electrons. The lowest BCUT2D eigenvalue weighted by Crippen LogP contribution is -2.50. The first-order valence-electron chi connectivity index (χ1n) is 8.78. The standard InChI is InChI=1S/C19H25N3O3/c1-12(2)18(24)21-17(19(25)22-8-7-14(23)11-22)9-13-10-20-16-6-4-3-5-15(13)16/h3-6,10,12,14,17,20,23H,7-9,11H2,1-2H3,(H,21,24)/t14-,17?/m1/s1. The predicted molar refractivity (Wildman–Crippen MR) is 96.0 cm³/mol. The second-order valence-electron chi connectivity index (χ2n) is 7.01. The van der Waals surface area contributed by atoms with Gasteiger partial charge in [0, 0.05) is 42.5 Å². The summed E-state index contributed by atoms with van der Waals surface area (Å²) < 4.78 is 0. The molecule has 25 heavy (non-hydrogen) atoms. The average molecular weight is 343 g/mol. The molecule has 0 aliphatic carbocycles. The van der Waals surface area contributed by atoms with E-state index in [0.29, 0.717) is 25.9 Å². The van der Waals surface area contributed by atoms with E-state index in [0.717, 1.165) is 16.5 Å². The highest BCUT2D eigenvalue weighted by Gasteiger charge is 2.31. The van der Waals surface area contributed by atoms with Crippen LogP contribution in [0.25, 0.3) is 10.9 Å². The van der Waals surface area contributed by atoms with Crippen LogP contribution in [0.1, 0.15) is 25.8 Å². The van der Waals surface area contributed by atoms with Crippen molar-refractivity contribution in [3.05, 3.63) is 36.0 Å². The molecule has 1 aliphatic rings. The van der Waals surface area contributed by atoms with Crippen LogP contribution in [0.5, 0.6) is 0 Å². The molecule has 1 aromatic carbocycles. The van der Waals surface area contributed by atoms with Crippen molar-refractivity contribution in [3.63, 3.8) is 0 Å². The fourth-order valence-corrected chi connectivity index (χ4v) is 3.22. The quantitative estimate of drug-likeness (QED) is 0.768. The molecule has 1 fully saturated rings. The maximum absolute atomic E-state index is 12.9. The number of para-hydroxylation sites is 1. The summed E-state index contributed by atoms with van der Waals surface area (Å²) in [5.41, 5.74) is 2.01. The Hall–Kier alpha value is -2.34. The van der Waals surface area contributed by atoms with Gasteiger partial charge in [0.05, 0.1) is 6.10 Å². The van der Waals surface area contributed by atoms with Crippen molar-refractivity contribution in [1.29, 1.82) is 0 Å². The largest absolute Gasteiger partial charge is 0.391 e. The van der Waals surface area contributed by atoms with Crippen molar-refractivity contribution in [2.24, 2.45) is 5.92 Å². The Morgan fingerprint density at radius 1 is 1.36 bits per heavy atom. The zero-order valence-corrected chi connectivity index (χ0v) is 14.7. The highest BCUT2D eigenvalue weighted by Crippen LogP contribution is 2.20. The van der Waals surface area contributed by atoms with E-state index < -0.39 is 12.1 Å². The van der Waals surface area contributed by atoms with Crippen LogP contribution >= 0.6 is 0 Å². The smallest absolute Gasteiger partial charge is 0.245 e. The number of hydrogen-bond donors (Lipinski definition) is 3. The molecule has 1 saturated heterocycles. The molecule has 2 heterocycles. The van der Waals surface area contributed by atoms with E-state index in [2.05, 4.69) is 10.3 Å². The highest BCUT2D eigenvalue weighted by atomic mass is 16.3. The Morgan fingerprint density at radius 2 is 2.12 bits per heavy atom. The Morgan fingerprint density at radius 3 is 2.80 bits per heavy atom. The fourth-order valence-electron chi connectivity index (χ4n) is 3.22. The van der Waals surface area contributed by atoms with Crippen LogP contribution < -0.4 is 5.32 Å². The Bertz CT molecular complexity index is 768. The number of aromatic nitrogens is 1. The number of amides is 2. The molecule has 0 spiro atoms. The number of rotatable bonds is 5. The molecule has 6 heteroatoms. The van der Waals surface area contributed by atoms with Crippen LogP contribution in [0.2, 0.25) is 0 Å². The number of aromatic amines is 1. The van der Waals surface area contributed by atoms with Gasteiger partial charge in [0.15, 0.2) is 0 Å². The molecule has 2 aromatic rings. The molecule has 3 rings (SSSR count). The number of aliphatic hydroxyl groups is 1. The van der Waals surface area contributed by atoms with E-state index >= 15 is 0 Å². The normalized spacial score (nSPS) is 18.7. The van der Waals surface area contributed by atoms with Crippen molar-refractivity contribution in [2.45, 2.75) is 38.8 Å². The van der Waals surface area contributed by atoms with Crippen LogP contribution in [0, 0.1) is 5.92 Å². The number of β-amino-alcohol motifs (C(OH)–C–C–N with tert-alkyl or cyclic N) is 1. The molecule has 6 nitrogen and oxygen atoms in total. The van der Waals surface area contributed by atoms with Gasteiger partial charge < -0.3 is 20.3 Å². The number of carbonyl (C=O) groups excluding carboxylic acids is 2. The minimum Gasteiger partial charge on any atom is -0.391 e. The molecular formula is C19H25N3O3. The summed E-state index contributed by atoms with van der Waals surface area (Å²) in [6.07, 6.45) is 2.43. The number of aliphatic hydroxyl groups excluding tert-OH is 1. The van der Waals surface area contributed by atoms with Gasteiger partial charge in [-0.2, -0.15) is 0 Å². The number of nitrogens with zero attached hydrogens (tertiary/aromatic N) is 1. The third-order valence-corrected chi connectivity index (χ3v) is 4.71. The van der Waals surface area contributed by atoms with E-state index in [1.165, 1.54) is 0 Å². The summed E-state index contributed by atoms with van der Waals surface area (Å²) in [6.45, 7) is 4.48. The van der Waals surface area contributed by atoms with Gasteiger partial charge in [-0.15, -0.1) is 0 Å². The SMILES string of the molecule is CC(C)C(=O)NC(Cc1c[nH]c2ccccc12)C(=O)N1CC[C@@H](O)C1. The third kappa shape index (κ3) is 3.85. The molecule has 2 amide bonds. The number of benzene rings is 1. The van der Waals surface area contributed by atoms with Gasteiger partial charge in [-0.3, -0.25) is 9.59 Å². The van der Waals surface area contributed by atoms with Crippen molar-refractivity contribution in [3.8, 4) is 0 Å². The first-order valence-corrected chi connectivity index (χ1v) is 8.78. The summed E-state index contributed by atoms with van der Waals surface area (Å²) in [6, 6.07) is 7.28. The topological polar surface area (TPSA) is 85.4 Å². The van der Waals surface area contributed by atoms with E-state index in [-0.39, 0.29) is 17.7 Å². The summed E-state index contributed by atoms with van der Waals surface area (Å²) in [5, 5.41) is 13.7. The molecule has 1 unspecified atom stereocenters. The minimum absolute atomic E-state index is 0.129.